The van der Waals surface area contributed by atoms with Crippen molar-refractivity contribution in [2.75, 3.05) is 18.4 Å². The molecule has 0 spiro atoms. The summed E-state index contributed by atoms with van der Waals surface area (Å²) < 4.78 is 0. The molecule has 5 nitrogen and oxygen atoms in total. The molecule has 1 N–H and O–H groups in total. The van der Waals surface area contributed by atoms with Crippen molar-refractivity contribution in [1.82, 2.24) is 14.9 Å². The maximum absolute atomic E-state index is 12.3. The molecule has 0 saturated heterocycles. The van der Waals surface area contributed by atoms with E-state index >= 15 is 0 Å². The van der Waals surface area contributed by atoms with E-state index in [9.17, 15) is 4.79 Å². The molecule has 1 heterocycles. The predicted molar refractivity (Wildman–Crippen MR) is 83.1 cm³/mol. The Morgan fingerprint density at radius 2 is 2.05 bits per heavy atom. The molecular formula is C16H20N4O. The summed E-state index contributed by atoms with van der Waals surface area (Å²) in [5.41, 5.74) is 2.52. The van der Waals surface area contributed by atoms with Crippen molar-refractivity contribution >= 4 is 11.6 Å². The molecule has 0 radical (unpaired) electrons. The Balaban J connectivity index is 2.05. The number of nitrogens with zero attached hydrogens (tertiary/aromatic N) is 3. The summed E-state index contributed by atoms with van der Waals surface area (Å²) in [5, 5.41) is 3.27. The Morgan fingerprint density at radius 3 is 2.71 bits per heavy atom. The molecule has 2 rings (SSSR count). The van der Waals surface area contributed by atoms with Gasteiger partial charge < -0.3 is 10.2 Å². The van der Waals surface area contributed by atoms with E-state index in [0.29, 0.717) is 25.2 Å². The minimum absolute atomic E-state index is 0.0608. The van der Waals surface area contributed by atoms with Crippen molar-refractivity contribution in [2.24, 2.45) is 0 Å². The molecular weight excluding hydrogens is 264 g/mol. The van der Waals surface area contributed by atoms with Crippen LogP contribution in [0.1, 0.15) is 29.9 Å². The fraction of sp³-hybridized carbons (Fsp3) is 0.312. The lowest BCUT2D eigenvalue weighted by Gasteiger charge is -2.19. The van der Waals surface area contributed by atoms with E-state index < -0.39 is 0 Å². The highest BCUT2D eigenvalue weighted by Gasteiger charge is 2.12. The first-order valence-corrected chi connectivity index (χ1v) is 7.12. The molecule has 0 fully saturated rings. The number of nitrogens with one attached hydrogen (secondary N) is 1. The monoisotopic (exact) mass is 284 g/mol. The van der Waals surface area contributed by atoms with Crippen molar-refractivity contribution in [3.63, 3.8) is 0 Å². The summed E-state index contributed by atoms with van der Waals surface area (Å²) in [5.74, 6) is 0.0608. The molecule has 0 saturated carbocycles. The van der Waals surface area contributed by atoms with Crippen LogP contribution >= 0.6 is 0 Å². The second kappa shape index (κ2) is 7.38. The summed E-state index contributed by atoms with van der Waals surface area (Å²) in [6.45, 7) is 6.00. The SMILES string of the molecule is CCN(CC)C(=O)c1cccc(NCc2ccncn2)c1. The molecule has 1 amide bonds. The largest absolute Gasteiger partial charge is 0.379 e. The number of anilines is 1. The molecule has 0 unspecified atom stereocenters. The first kappa shape index (κ1) is 15.0. The van der Waals surface area contributed by atoms with Crippen LogP contribution in [0.3, 0.4) is 0 Å². The number of carbonyl (C=O) groups is 1. The van der Waals surface area contributed by atoms with Gasteiger partial charge in [-0.05, 0) is 38.1 Å². The molecule has 0 aliphatic carbocycles. The summed E-state index contributed by atoms with van der Waals surface area (Å²) in [6.07, 6.45) is 3.24. The summed E-state index contributed by atoms with van der Waals surface area (Å²) >= 11 is 0. The molecule has 0 bridgehead atoms. The number of amides is 1. The lowest BCUT2D eigenvalue weighted by atomic mass is 10.1. The van der Waals surface area contributed by atoms with Gasteiger partial charge in [0.2, 0.25) is 0 Å². The zero-order valence-corrected chi connectivity index (χ0v) is 12.4. The van der Waals surface area contributed by atoms with Crippen molar-refractivity contribution < 1.29 is 4.79 Å². The van der Waals surface area contributed by atoms with Crippen LogP contribution in [0.25, 0.3) is 0 Å². The van der Waals surface area contributed by atoms with Crippen LogP contribution in [0.15, 0.2) is 42.9 Å². The smallest absolute Gasteiger partial charge is 0.253 e. The van der Waals surface area contributed by atoms with Gasteiger partial charge in [-0.3, -0.25) is 4.79 Å². The van der Waals surface area contributed by atoms with Crippen molar-refractivity contribution in [3.8, 4) is 0 Å². The van der Waals surface area contributed by atoms with Gasteiger partial charge in [0.15, 0.2) is 0 Å². The number of carbonyl (C=O) groups excluding carboxylic acids is 1. The van der Waals surface area contributed by atoms with E-state index in [-0.39, 0.29) is 5.91 Å². The van der Waals surface area contributed by atoms with Gasteiger partial charge in [0.1, 0.15) is 6.33 Å². The fourth-order valence-corrected chi connectivity index (χ4v) is 2.07. The van der Waals surface area contributed by atoms with E-state index in [4.69, 9.17) is 0 Å². The van der Waals surface area contributed by atoms with Gasteiger partial charge in [-0.25, -0.2) is 9.97 Å². The number of hydrogen-bond acceptors (Lipinski definition) is 4. The molecule has 0 atom stereocenters. The van der Waals surface area contributed by atoms with Crippen LogP contribution in [-0.4, -0.2) is 33.9 Å². The molecule has 110 valence electrons. The highest BCUT2D eigenvalue weighted by atomic mass is 16.2. The summed E-state index contributed by atoms with van der Waals surface area (Å²) in [4.78, 5) is 22.2. The average Bonchev–Trinajstić information content (AvgIpc) is 2.55. The molecule has 2 aromatic rings. The Hall–Kier alpha value is -2.43. The molecule has 1 aromatic heterocycles. The zero-order chi connectivity index (χ0) is 15.1. The maximum atomic E-state index is 12.3. The van der Waals surface area contributed by atoms with Crippen molar-refractivity contribution in [2.45, 2.75) is 20.4 Å². The van der Waals surface area contributed by atoms with Crippen LogP contribution in [0.2, 0.25) is 0 Å². The van der Waals surface area contributed by atoms with Gasteiger partial charge in [-0.15, -0.1) is 0 Å². The summed E-state index contributed by atoms with van der Waals surface area (Å²) in [6, 6.07) is 9.41. The first-order valence-electron chi connectivity index (χ1n) is 7.12. The van der Waals surface area contributed by atoms with Crippen molar-refractivity contribution in [1.29, 1.82) is 0 Å². The summed E-state index contributed by atoms with van der Waals surface area (Å²) in [7, 11) is 0. The number of benzene rings is 1. The Kier molecular flexibility index (Phi) is 5.26. The highest BCUT2D eigenvalue weighted by Crippen LogP contribution is 2.13. The average molecular weight is 284 g/mol. The van der Waals surface area contributed by atoms with E-state index in [2.05, 4.69) is 15.3 Å². The van der Waals surface area contributed by atoms with Crippen molar-refractivity contribution in [3.05, 3.63) is 54.1 Å². The second-order valence-corrected chi connectivity index (χ2v) is 4.61. The van der Waals surface area contributed by atoms with E-state index in [0.717, 1.165) is 11.4 Å². The van der Waals surface area contributed by atoms with Crippen LogP contribution in [-0.2, 0) is 6.54 Å². The molecule has 1 aromatic carbocycles. The second-order valence-electron chi connectivity index (χ2n) is 4.61. The number of hydrogen-bond donors (Lipinski definition) is 1. The first-order chi connectivity index (χ1) is 10.2. The van der Waals surface area contributed by atoms with Gasteiger partial charge in [0, 0.05) is 30.5 Å². The lowest BCUT2D eigenvalue weighted by Crippen LogP contribution is -2.30. The van der Waals surface area contributed by atoms with Crippen LogP contribution in [0.5, 0.6) is 0 Å². The third kappa shape index (κ3) is 4.02. The van der Waals surface area contributed by atoms with Gasteiger partial charge in [0.25, 0.3) is 5.91 Å². The third-order valence-corrected chi connectivity index (χ3v) is 3.28. The van der Waals surface area contributed by atoms with Gasteiger partial charge >= 0.3 is 0 Å². The minimum Gasteiger partial charge on any atom is -0.379 e. The van der Waals surface area contributed by atoms with E-state index in [1.54, 1.807) is 6.20 Å². The Labute approximate surface area is 125 Å². The Morgan fingerprint density at radius 1 is 1.24 bits per heavy atom. The standard InChI is InChI=1S/C16H20N4O/c1-3-20(4-2)16(21)13-6-5-7-14(10-13)18-11-15-8-9-17-12-19-15/h5-10,12,18H,3-4,11H2,1-2H3. The zero-order valence-electron chi connectivity index (χ0n) is 12.4. The highest BCUT2D eigenvalue weighted by molar-refractivity contribution is 5.95. The number of rotatable bonds is 6. The van der Waals surface area contributed by atoms with Crippen LogP contribution in [0.4, 0.5) is 5.69 Å². The van der Waals surface area contributed by atoms with E-state index in [1.807, 2.05) is 49.1 Å². The van der Waals surface area contributed by atoms with Gasteiger partial charge in [-0.1, -0.05) is 6.07 Å². The van der Waals surface area contributed by atoms with Gasteiger partial charge in [0.05, 0.1) is 12.2 Å². The predicted octanol–water partition coefficient (Wildman–Crippen LogP) is 2.57. The Bertz CT molecular complexity index is 582. The topological polar surface area (TPSA) is 58.1 Å². The molecule has 21 heavy (non-hydrogen) atoms. The lowest BCUT2D eigenvalue weighted by molar-refractivity contribution is 0.0773. The normalized spacial score (nSPS) is 10.2. The molecule has 0 aliphatic rings. The minimum atomic E-state index is 0.0608. The number of aromatic nitrogens is 2. The van der Waals surface area contributed by atoms with Crippen LogP contribution < -0.4 is 5.32 Å². The van der Waals surface area contributed by atoms with E-state index in [1.165, 1.54) is 6.33 Å². The molecule has 0 aliphatic heterocycles. The van der Waals surface area contributed by atoms with Crippen LogP contribution in [0, 0.1) is 0 Å². The fourth-order valence-electron chi connectivity index (χ4n) is 2.07. The maximum Gasteiger partial charge on any atom is 0.253 e. The molecule has 5 heteroatoms. The third-order valence-electron chi connectivity index (χ3n) is 3.28. The van der Waals surface area contributed by atoms with Gasteiger partial charge in [-0.2, -0.15) is 0 Å². The quantitative estimate of drug-likeness (QED) is 0.885.